The van der Waals surface area contributed by atoms with E-state index < -0.39 is 0 Å². The lowest BCUT2D eigenvalue weighted by Crippen LogP contribution is -2.48. The van der Waals surface area contributed by atoms with Crippen LogP contribution < -0.4 is 0 Å². The fourth-order valence-corrected chi connectivity index (χ4v) is 4.08. The molecule has 3 aromatic rings. The summed E-state index contributed by atoms with van der Waals surface area (Å²) in [6.45, 7) is 9.25. The maximum atomic E-state index is 13.7. The fourth-order valence-electron chi connectivity index (χ4n) is 4.08. The number of hydrogen-bond donors (Lipinski definition) is 0. The van der Waals surface area contributed by atoms with Crippen LogP contribution in [0.15, 0.2) is 36.4 Å². The molecule has 0 unspecified atom stereocenters. The van der Waals surface area contributed by atoms with E-state index in [1.807, 2.05) is 50.1 Å². The van der Waals surface area contributed by atoms with Crippen molar-refractivity contribution in [1.82, 2.24) is 19.7 Å². The molecule has 6 heteroatoms. The Balaban J connectivity index is 1.73. The SMILES string of the molecule is Cc1cc(C(=O)N2C[C@@H](c3ccccc3)O[C@@H](C(C)C)C2)c2c(C)nn(C)c2n1. The largest absolute Gasteiger partial charge is 0.366 e. The van der Waals surface area contributed by atoms with E-state index in [0.717, 1.165) is 28.0 Å². The lowest BCUT2D eigenvalue weighted by molar-refractivity contribution is -0.0954. The molecule has 2 atom stereocenters. The monoisotopic (exact) mass is 392 g/mol. The van der Waals surface area contributed by atoms with Gasteiger partial charge in [0, 0.05) is 19.3 Å². The molecule has 152 valence electrons. The minimum atomic E-state index is -0.130. The molecule has 1 aliphatic rings. The molecule has 0 radical (unpaired) electrons. The second-order valence-corrected chi connectivity index (χ2v) is 8.25. The van der Waals surface area contributed by atoms with Gasteiger partial charge in [0.2, 0.25) is 0 Å². The molecule has 0 saturated carbocycles. The van der Waals surface area contributed by atoms with Crippen molar-refractivity contribution < 1.29 is 9.53 Å². The summed E-state index contributed by atoms with van der Waals surface area (Å²) in [6.07, 6.45) is -0.138. The number of benzene rings is 1. The molecule has 29 heavy (non-hydrogen) atoms. The van der Waals surface area contributed by atoms with Gasteiger partial charge in [-0.25, -0.2) is 4.98 Å². The third kappa shape index (κ3) is 3.65. The molecule has 1 aromatic carbocycles. The standard InChI is InChI=1S/C23H28N4O2/c1-14(2)19-12-27(13-20(29-19)17-9-7-6-8-10-17)23(28)18-11-15(3)24-22-21(18)16(4)25-26(22)5/h6-11,14,19-20H,12-13H2,1-5H3/t19-,20+/m1/s1. The summed E-state index contributed by atoms with van der Waals surface area (Å²) in [6, 6.07) is 12.0. The number of aryl methyl sites for hydroxylation is 3. The Labute approximate surface area is 171 Å². The Bertz CT molecular complexity index is 1040. The quantitative estimate of drug-likeness (QED) is 0.680. The predicted molar refractivity (Wildman–Crippen MR) is 113 cm³/mol. The van der Waals surface area contributed by atoms with Gasteiger partial charge in [-0.2, -0.15) is 5.10 Å². The summed E-state index contributed by atoms with van der Waals surface area (Å²) in [4.78, 5) is 20.2. The number of ether oxygens (including phenoxy) is 1. The van der Waals surface area contributed by atoms with E-state index in [-0.39, 0.29) is 18.1 Å². The van der Waals surface area contributed by atoms with E-state index in [0.29, 0.717) is 24.6 Å². The summed E-state index contributed by atoms with van der Waals surface area (Å²) >= 11 is 0. The number of nitrogens with zero attached hydrogens (tertiary/aromatic N) is 4. The third-order valence-electron chi connectivity index (χ3n) is 5.65. The highest BCUT2D eigenvalue weighted by Gasteiger charge is 2.34. The first-order valence-corrected chi connectivity index (χ1v) is 10.2. The van der Waals surface area contributed by atoms with Crippen molar-refractivity contribution in [3.63, 3.8) is 0 Å². The number of carbonyl (C=O) groups excluding carboxylic acids is 1. The van der Waals surface area contributed by atoms with Gasteiger partial charge in [0.25, 0.3) is 5.91 Å². The number of morpholine rings is 1. The highest BCUT2D eigenvalue weighted by Crippen LogP contribution is 2.30. The van der Waals surface area contributed by atoms with E-state index >= 15 is 0 Å². The molecular formula is C23H28N4O2. The molecule has 2 aromatic heterocycles. The Morgan fingerprint density at radius 3 is 2.59 bits per heavy atom. The lowest BCUT2D eigenvalue weighted by atomic mass is 9.99. The van der Waals surface area contributed by atoms with Crippen LogP contribution in [0.4, 0.5) is 0 Å². The van der Waals surface area contributed by atoms with Gasteiger partial charge in [-0.1, -0.05) is 44.2 Å². The van der Waals surface area contributed by atoms with Crippen molar-refractivity contribution in [3.05, 3.63) is 58.9 Å². The lowest BCUT2D eigenvalue weighted by Gasteiger charge is -2.40. The van der Waals surface area contributed by atoms with Gasteiger partial charge in [-0.3, -0.25) is 9.48 Å². The minimum Gasteiger partial charge on any atom is -0.366 e. The molecule has 0 N–H and O–H groups in total. The number of fused-ring (bicyclic) bond motifs is 1. The molecule has 0 spiro atoms. The van der Waals surface area contributed by atoms with Crippen molar-refractivity contribution in [3.8, 4) is 0 Å². The van der Waals surface area contributed by atoms with Gasteiger partial charge in [-0.05, 0) is 31.4 Å². The molecule has 6 nitrogen and oxygen atoms in total. The number of aromatic nitrogens is 3. The van der Waals surface area contributed by atoms with Gasteiger partial charge in [0.15, 0.2) is 5.65 Å². The zero-order valence-electron chi connectivity index (χ0n) is 17.7. The van der Waals surface area contributed by atoms with Crippen LogP contribution in [-0.4, -0.2) is 44.8 Å². The number of rotatable bonds is 3. The normalized spacial score (nSPS) is 19.9. The fraction of sp³-hybridized carbons (Fsp3) is 0.435. The molecule has 1 fully saturated rings. The average Bonchev–Trinajstić information content (AvgIpc) is 3.00. The van der Waals surface area contributed by atoms with Crippen LogP contribution in [-0.2, 0) is 11.8 Å². The third-order valence-corrected chi connectivity index (χ3v) is 5.65. The molecule has 0 aliphatic carbocycles. The highest BCUT2D eigenvalue weighted by atomic mass is 16.5. The van der Waals surface area contributed by atoms with Crippen LogP contribution in [0.3, 0.4) is 0 Å². The van der Waals surface area contributed by atoms with Gasteiger partial charge in [-0.15, -0.1) is 0 Å². The summed E-state index contributed by atoms with van der Waals surface area (Å²) in [5.41, 5.74) is 4.17. The van der Waals surface area contributed by atoms with Crippen molar-refractivity contribution in [2.24, 2.45) is 13.0 Å². The zero-order valence-corrected chi connectivity index (χ0v) is 17.7. The Morgan fingerprint density at radius 1 is 1.17 bits per heavy atom. The number of carbonyl (C=O) groups is 1. The maximum Gasteiger partial charge on any atom is 0.254 e. The van der Waals surface area contributed by atoms with E-state index in [1.54, 1.807) is 4.68 Å². The van der Waals surface area contributed by atoms with Gasteiger partial charge >= 0.3 is 0 Å². The average molecular weight is 393 g/mol. The van der Waals surface area contributed by atoms with E-state index in [4.69, 9.17) is 4.74 Å². The number of hydrogen-bond acceptors (Lipinski definition) is 4. The smallest absolute Gasteiger partial charge is 0.254 e. The van der Waals surface area contributed by atoms with Crippen LogP contribution >= 0.6 is 0 Å². The van der Waals surface area contributed by atoms with Gasteiger partial charge in [0.05, 0.1) is 29.3 Å². The number of amides is 1. The molecule has 3 heterocycles. The second kappa shape index (κ2) is 7.59. The summed E-state index contributed by atoms with van der Waals surface area (Å²) < 4.78 is 8.11. The zero-order chi connectivity index (χ0) is 20.7. The molecule has 1 saturated heterocycles. The van der Waals surface area contributed by atoms with Gasteiger partial charge < -0.3 is 9.64 Å². The topological polar surface area (TPSA) is 60.3 Å². The molecule has 1 aliphatic heterocycles. The van der Waals surface area contributed by atoms with Crippen molar-refractivity contribution in [1.29, 1.82) is 0 Å². The Hall–Kier alpha value is -2.73. The predicted octanol–water partition coefficient (Wildman–Crippen LogP) is 3.82. The summed E-state index contributed by atoms with van der Waals surface area (Å²) in [5, 5.41) is 5.32. The van der Waals surface area contributed by atoms with E-state index in [9.17, 15) is 4.79 Å². The van der Waals surface area contributed by atoms with Crippen LogP contribution in [0.2, 0.25) is 0 Å². The van der Waals surface area contributed by atoms with Crippen molar-refractivity contribution in [2.75, 3.05) is 13.1 Å². The highest BCUT2D eigenvalue weighted by molar-refractivity contribution is 6.06. The number of pyridine rings is 1. The summed E-state index contributed by atoms with van der Waals surface area (Å²) in [5.74, 6) is 0.336. The molecular weight excluding hydrogens is 364 g/mol. The molecule has 0 bridgehead atoms. The van der Waals surface area contributed by atoms with E-state index in [1.165, 1.54) is 0 Å². The first-order chi connectivity index (χ1) is 13.8. The first kappa shape index (κ1) is 19.6. The second-order valence-electron chi connectivity index (χ2n) is 8.25. The van der Waals surface area contributed by atoms with Crippen LogP contribution in [0, 0.1) is 19.8 Å². The van der Waals surface area contributed by atoms with Crippen LogP contribution in [0.25, 0.3) is 11.0 Å². The molecule has 1 amide bonds. The Kier molecular flexibility index (Phi) is 5.13. The van der Waals surface area contributed by atoms with Crippen molar-refractivity contribution >= 4 is 16.9 Å². The van der Waals surface area contributed by atoms with Crippen LogP contribution in [0.1, 0.15) is 47.3 Å². The van der Waals surface area contributed by atoms with Crippen molar-refractivity contribution in [2.45, 2.75) is 39.9 Å². The first-order valence-electron chi connectivity index (χ1n) is 10.2. The molecule has 4 rings (SSSR count). The van der Waals surface area contributed by atoms with E-state index in [2.05, 4.69) is 36.1 Å². The maximum absolute atomic E-state index is 13.7. The minimum absolute atomic E-state index is 0.00803. The van der Waals surface area contributed by atoms with Crippen LogP contribution in [0.5, 0.6) is 0 Å². The summed E-state index contributed by atoms with van der Waals surface area (Å²) in [7, 11) is 1.87. The Morgan fingerprint density at radius 2 is 1.90 bits per heavy atom. The van der Waals surface area contributed by atoms with Gasteiger partial charge in [0.1, 0.15) is 6.10 Å².